The van der Waals surface area contributed by atoms with Crippen molar-refractivity contribution >= 4 is 5.69 Å². The second kappa shape index (κ2) is 6.49. The number of benzene rings is 1. The van der Waals surface area contributed by atoms with Crippen LogP contribution in [0.2, 0.25) is 0 Å². The van der Waals surface area contributed by atoms with Crippen molar-refractivity contribution in [1.29, 1.82) is 0 Å². The zero-order valence-electron chi connectivity index (χ0n) is 13.3. The molecule has 1 unspecified atom stereocenters. The molecule has 1 aliphatic heterocycles. The van der Waals surface area contributed by atoms with Crippen molar-refractivity contribution in [3.63, 3.8) is 0 Å². The van der Waals surface area contributed by atoms with E-state index in [4.69, 9.17) is 4.74 Å². The lowest BCUT2D eigenvalue weighted by Crippen LogP contribution is -2.48. The van der Waals surface area contributed by atoms with Gasteiger partial charge in [-0.25, -0.2) is 0 Å². The van der Waals surface area contributed by atoms with E-state index in [0.717, 1.165) is 31.8 Å². The minimum absolute atomic E-state index is 0.212. The van der Waals surface area contributed by atoms with E-state index in [-0.39, 0.29) is 11.6 Å². The Morgan fingerprint density at radius 2 is 2.00 bits per heavy atom. The van der Waals surface area contributed by atoms with Gasteiger partial charge in [0.2, 0.25) is 0 Å². The summed E-state index contributed by atoms with van der Waals surface area (Å²) in [6.45, 7) is 12.0. The van der Waals surface area contributed by atoms with E-state index in [1.807, 2.05) is 0 Å². The average molecular weight is 276 g/mol. The molecule has 0 amide bonds. The van der Waals surface area contributed by atoms with Crippen LogP contribution in [0.4, 0.5) is 5.69 Å². The molecule has 112 valence electrons. The first-order valence-electron chi connectivity index (χ1n) is 7.79. The van der Waals surface area contributed by atoms with Gasteiger partial charge in [-0.3, -0.25) is 0 Å². The van der Waals surface area contributed by atoms with Gasteiger partial charge in [-0.2, -0.15) is 0 Å². The highest BCUT2D eigenvalue weighted by molar-refractivity contribution is 5.49. The SMILES string of the molecule is CCC1(C)CN(c2ccc(OC(C)C)cc2)CCCN1. The van der Waals surface area contributed by atoms with Gasteiger partial charge in [0.15, 0.2) is 0 Å². The molecule has 3 nitrogen and oxygen atoms in total. The monoisotopic (exact) mass is 276 g/mol. The predicted octanol–water partition coefficient (Wildman–Crippen LogP) is 3.44. The molecule has 1 aliphatic rings. The Kier molecular flexibility index (Phi) is 4.92. The molecule has 1 N–H and O–H groups in total. The van der Waals surface area contributed by atoms with E-state index in [9.17, 15) is 0 Å². The van der Waals surface area contributed by atoms with E-state index in [1.54, 1.807) is 0 Å². The van der Waals surface area contributed by atoms with E-state index in [0.29, 0.717) is 0 Å². The summed E-state index contributed by atoms with van der Waals surface area (Å²) in [7, 11) is 0. The molecular formula is C17H28N2O. The summed E-state index contributed by atoms with van der Waals surface area (Å²) in [5, 5.41) is 3.68. The van der Waals surface area contributed by atoms with Crippen LogP contribution in [0.3, 0.4) is 0 Å². The topological polar surface area (TPSA) is 24.5 Å². The predicted molar refractivity (Wildman–Crippen MR) is 85.7 cm³/mol. The number of nitrogens with one attached hydrogen (secondary N) is 1. The number of nitrogens with zero attached hydrogens (tertiary/aromatic N) is 1. The minimum atomic E-state index is 0.212. The van der Waals surface area contributed by atoms with E-state index in [2.05, 4.69) is 62.2 Å². The van der Waals surface area contributed by atoms with Gasteiger partial charge in [0.25, 0.3) is 0 Å². The van der Waals surface area contributed by atoms with Gasteiger partial charge in [-0.15, -0.1) is 0 Å². The lowest BCUT2D eigenvalue weighted by atomic mass is 9.98. The Morgan fingerprint density at radius 1 is 1.30 bits per heavy atom. The summed E-state index contributed by atoms with van der Waals surface area (Å²) in [6, 6.07) is 8.52. The molecule has 0 bridgehead atoms. The van der Waals surface area contributed by atoms with Crippen molar-refractivity contribution in [1.82, 2.24) is 5.32 Å². The van der Waals surface area contributed by atoms with Gasteiger partial charge >= 0.3 is 0 Å². The molecule has 0 spiro atoms. The maximum Gasteiger partial charge on any atom is 0.119 e. The molecule has 20 heavy (non-hydrogen) atoms. The quantitative estimate of drug-likeness (QED) is 0.911. The molecule has 1 heterocycles. The molecule has 1 saturated heterocycles. The Morgan fingerprint density at radius 3 is 2.60 bits per heavy atom. The molecule has 0 saturated carbocycles. The normalized spacial score (nSPS) is 23.8. The highest BCUT2D eigenvalue weighted by atomic mass is 16.5. The number of anilines is 1. The van der Waals surface area contributed by atoms with Crippen molar-refractivity contribution in [3.05, 3.63) is 24.3 Å². The maximum atomic E-state index is 5.71. The zero-order chi connectivity index (χ0) is 14.6. The van der Waals surface area contributed by atoms with Crippen molar-refractivity contribution in [2.24, 2.45) is 0 Å². The molecule has 1 aromatic rings. The van der Waals surface area contributed by atoms with Gasteiger partial charge in [0.1, 0.15) is 5.75 Å². The van der Waals surface area contributed by atoms with Gasteiger partial charge < -0.3 is 15.0 Å². The number of hydrogen-bond donors (Lipinski definition) is 1. The maximum absolute atomic E-state index is 5.71. The number of rotatable bonds is 4. The Labute approximate surface area is 123 Å². The first kappa shape index (κ1) is 15.2. The third-order valence-electron chi connectivity index (χ3n) is 4.05. The largest absolute Gasteiger partial charge is 0.491 e. The summed E-state index contributed by atoms with van der Waals surface area (Å²) >= 11 is 0. The summed E-state index contributed by atoms with van der Waals surface area (Å²) in [4.78, 5) is 2.49. The van der Waals surface area contributed by atoms with Crippen LogP contribution >= 0.6 is 0 Å². The Bertz CT molecular complexity index is 416. The number of hydrogen-bond acceptors (Lipinski definition) is 3. The van der Waals surface area contributed by atoms with Crippen molar-refractivity contribution in [2.45, 2.75) is 52.2 Å². The molecule has 3 heteroatoms. The molecule has 0 radical (unpaired) electrons. The van der Waals surface area contributed by atoms with Crippen LogP contribution in [0, 0.1) is 0 Å². The van der Waals surface area contributed by atoms with Crippen LogP contribution in [-0.2, 0) is 0 Å². The number of ether oxygens (including phenoxy) is 1. The zero-order valence-corrected chi connectivity index (χ0v) is 13.3. The summed E-state index contributed by atoms with van der Waals surface area (Å²) in [5.41, 5.74) is 1.51. The van der Waals surface area contributed by atoms with E-state index < -0.39 is 0 Å². The third kappa shape index (κ3) is 3.89. The van der Waals surface area contributed by atoms with Gasteiger partial charge in [-0.1, -0.05) is 6.92 Å². The Balaban J connectivity index is 2.09. The fourth-order valence-electron chi connectivity index (χ4n) is 2.68. The smallest absolute Gasteiger partial charge is 0.119 e. The Hall–Kier alpha value is -1.22. The molecule has 2 rings (SSSR count). The van der Waals surface area contributed by atoms with Gasteiger partial charge in [0.05, 0.1) is 6.10 Å². The van der Waals surface area contributed by atoms with E-state index in [1.165, 1.54) is 12.1 Å². The average Bonchev–Trinajstić information content (AvgIpc) is 2.62. The van der Waals surface area contributed by atoms with Crippen molar-refractivity contribution in [2.75, 3.05) is 24.5 Å². The van der Waals surface area contributed by atoms with Crippen molar-refractivity contribution in [3.8, 4) is 5.75 Å². The summed E-state index contributed by atoms with van der Waals surface area (Å²) < 4.78 is 5.71. The van der Waals surface area contributed by atoms with Crippen molar-refractivity contribution < 1.29 is 4.74 Å². The molecule has 1 atom stereocenters. The molecular weight excluding hydrogens is 248 g/mol. The lowest BCUT2D eigenvalue weighted by molar-refractivity contribution is 0.242. The fourth-order valence-corrected chi connectivity index (χ4v) is 2.68. The van der Waals surface area contributed by atoms with E-state index >= 15 is 0 Å². The highest BCUT2D eigenvalue weighted by Gasteiger charge is 2.27. The first-order chi connectivity index (χ1) is 9.52. The van der Waals surface area contributed by atoms with Crippen LogP contribution in [0.25, 0.3) is 0 Å². The lowest BCUT2D eigenvalue weighted by Gasteiger charge is -2.34. The van der Waals surface area contributed by atoms with Gasteiger partial charge in [-0.05, 0) is 64.4 Å². The molecule has 1 aromatic carbocycles. The minimum Gasteiger partial charge on any atom is -0.491 e. The fraction of sp³-hybridized carbons (Fsp3) is 0.647. The van der Waals surface area contributed by atoms with Crippen LogP contribution in [0.15, 0.2) is 24.3 Å². The summed E-state index contributed by atoms with van der Waals surface area (Å²) in [6.07, 6.45) is 2.57. The summed E-state index contributed by atoms with van der Waals surface area (Å²) in [5.74, 6) is 0.954. The molecule has 1 fully saturated rings. The molecule has 0 aliphatic carbocycles. The van der Waals surface area contributed by atoms with Crippen LogP contribution < -0.4 is 15.0 Å². The standard InChI is InChI=1S/C17H28N2O/c1-5-17(4)13-19(12-6-11-18-17)15-7-9-16(10-8-15)20-14(2)3/h7-10,14,18H,5-6,11-13H2,1-4H3. The van der Waals surface area contributed by atoms with Crippen LogP contribution in [0.1, 0.15) is 40.5 Å². The first-order valence-corrected chi connectivity index (χ1v) is 7.79. The molecule has 0 aromatic heterocycles. The second-order valence-corrected chi connectivity index (χ2v) is 6.28. The second-order valence-electron chi connectivity index (χ2n) is 6.28. The van der Waals surface area contributed by atoms with Crippen LogP contribution in [-0.4, -0.2) is 31.3 Å². The highest BCUT2D eigenvalue weighted by Crippen LogP contribution is 2.24. The van der Waals surface area contributed by atoms with Gasteiger partial charge in [0, 0.05) is 24.3 Å². The van der Waals surface area contributed by atoms with Crippen LogP contribution in [0.5, 0.6) is 5.75 Å². The third-order valence-corrected chi connectivity index (χ3v) is 4.05.